The average molecular weight is 388 g/mol. The number of methoxy groups -OCH3 is 3. The van der Waals surface area contributed by atoms with Crippen molar-refractivity contribution in [1.82, 2.24) is 4.90 Å². The molecule has 1 saturated heterocycles. The normalized spacial score (nSPS) is 26.5. The van der Waals surface area contributed by atoms with Gasteiger partial charge in [-0.1, -0.05) is 12.2 Å². The smallest absolute Gasteiger partial charge is 0.254 e. The number of piperazine rings is 1. The Bertz CT molecular complexity index is 730. The highest BCUT2D eigenvalue weighted by Crippen LogP contribution is 2.42. The van der Waals surface area contributed by atoms with E-state index in [9.17, 15) is 4.79 Å². The number of nitrogens with zero attached hydrogens (tertiary/aromatic N) is 1. The molecule has 0 radical (unpaired) electrons. The van der Waals surface area contributed by atoms with E-state index in [1.165, 1.54) is 19.4 Å². The summed E-state index contributed by atoms with van der Waals surface area (Å²) in [4.78, 5) is 16.6. The molecule has 0 unspecified atom stereocenters. The van der Waals surface area contributed by atoms with E-state index in [1.807, 2.05) is 4.90 Å². The first kappa shape index (κ1) is 19.1. The van der Waals surface area contributed by atoms with E-state index in [0.29, 0.717) is 22.8 Å². The molecule has 2 aliphatic carbocycles. The zero-order chi connectivity index (χ0) is 19.7. The maximum atomic E-state index is 13.0. The molecule has 1 aliphatic heterocycles. The van der Waals surface area contributed by atoms with Gasteiger partial charge >= 0.3 is 0 Å². The van der Waals surface area contributed by atoms with Gasteiger partial charge in [0, 0.05) is 11.5 Å². The van der Waals surface area contributed by atoms with Crippen molar-refractivity contribution >= 4 is 5.91 Å². The van der Waals surface area contributed by atoms with Gasteiger partial charge in [0.15, 0.2) is 11.5 Å². The number of ether oxygens (including phenoxy) is 3. The van der Waals surface area contributed by atoms with Crippen molar-refractivity contribution in [1.29, 1.82) is 0 Å². The molecular formula is C22H31N2O4+. The van der Waals surface area contributed by atoms with Gasteiger partial charge in [0.25, 0.3) is 5.91 Å². The topological polar surface area (TPSA) is 52.4 Å². The predicted octanol–water partition coefficient (Wildman–Crippen LogP) is 1.27. The highest BCUT2D eigenvalue weighted by molar-refractivity contribution is 5.95. The van der Waals surface area contributed by atoms with Gasteiger partial charge < -0.3 is 24.0 Å². The summed E-state index contributed by atoms with van der Waals surface area (Å²) in [5.41, 5.74) is 0.580. The summed E-state index contributed by atoms with van der Waals surface area (Å²) in [7, 11) is 4.70. The monoisotopic (exact) mass is 387 g/mol. The summed E-state index contributed by atoms with van der Waals surface area (Å²) in [5, 5.41) is 0. The molecule has 6 nitrogen and oxygen atoms in total. The van der Waals surface area contributed by atoms with Crippen LogP contribution in [0, 0.1) is 17.8 Å². The number of rotatable bonds is 6. The number of allylic oxidation sites excluding steroid dienone is 2. The van der Waals surface area contributed by atoms with Crippen LogP contribution < -0.4 is 19.1 Å². The minimum absolute atomic E-state index is 0.0289. The number of hydrogen-bond donors (Lipinski definition) is 1. The van der Waals surface area contributed by atoms with E-state index in [2.05, 4.69) is 12.2 Å². The lowest BCUT2D eigenvalue weighted by Crippen LogP contribution is -3.15. The SMILES string of the molecule is COc1cc(C(=O)N2CC[NH+](C[C@H]3C[C@@H]4C=C[C@H]3C4)CC2)cc(OC)c1OC. The molecule has 2 bridgehead atoms. The van der Waals surface area contributed by atoms with Gasteiger partial charge in [-0.25, -0.2) is 0 Å². The average Bonchev–Trinajstić information content (AvgIpc) is 3.36. The fraction of sp³-hybridized carbons (Fsp3) is 0.591. The summed E-state index contributed by atoms with van der Waals surface area (Å²) in [6.45, 7) is 4.88. The van der Waals surface area contributed by atoms with Crippen LogP contribution in [0.5, 0.6) is 17.2 Å². The molecule has 1 aromatic rings. The number of carbonyl (C=O) groups excluding carboxylic acids is 1. The number of hydrogen-bond acceptors (Lipinski definition) is 4. The molecule has 1 aromatic carbocycles. The molecule has 28 heavy (non-hydrogen) atoms. The van der Waals surface area contributed by atoms with Crippen molar-refractivity contribution in [2.75, 3.05) is 54.1 Å². The number of nitrogens with one attached hydrogen (secondary N) is 1. The molecule has 1 N–H and O–H groups in total. The summed E-state index contributed by atoms with van der Waals surface area (Å²) in [5.74, 6) is 4.03. The van der Waals surface area contributed by atoms with Crippen molar-refractivity contribution in [2.24, 2.45) is 17.8 Å². The minimum atomic E-state index is 0.0289. The third kappa shape index (κ3) is 3.58. The molecule has 1 saturated carbocycles. The molecule has 6 heteroatoms. The van der Waals surface area contributed by atoms with Crippen LogP contribution in [-0.4, -0.2) is 64.9 Å². The molecule has 0 aromatic heterocycles. The standard InChI is InChI=1S/C22H30N2O4/c1-26-19-12-17(13-20(27-2)21(19)28-3)22(25)24-8-6-23(7-9-24)14-18-11-15-4-5-16(18)10-15/h4-5,12-13,15-16,18H,6-11,14H2,1-3H3/p+1/t15-,16+,18-/m1/s1. The predicted molar refractivity (Wildman–Crippen MR) is 106 cm³/mol. The van der Waals surface area contributed by atoms with Crippen LogP contribution in [0.25, 0.3) is 0 Å². The van der Waals surface area contributed by atoms with Gasteiger partial charge in [0.05, 0.1) is 54.1 Å². The maximum Gasteiger partial charge on any atom is 0.254 e. The molecule has 2 fully saturated rings. The zero-order valence-corrected chi connectivity index (χ0v) is 17.1. The van der Waals surface area contributed by atoms with Gasteiger partial charge in [-0.05, 0) is 36.8 Å². The lowest BCUT2D eigenvalue weighted by molar-refractivity contribution is -0.907. The van der Waals surface area contributed by atoms with Gasteiger partial charge in [-0.2, -0.15) is 0 Å². The van der Waals surface area contributed by atoms with Crippen LogP contribution in [0.1, 0.15) is 23.2 Å². The Morgan fingerprint density at radius 1 is 1.04 bits per heavy atom. The van der Waals surface area contributed by atoms with Gasteiger partial charge in [-0.15, -0.1) is 0 Å². The quantitative estimate of drug-likeness (QED) is 0.747. The second kappa shape index (κ2) is 8.03. The number of amides is 1. The third-order valence-corrected chi connectivity index (χ3v) is 6.64. The van der Waals surface area contributed by atoms with Crippen molar-refractivity contribution in [2.45, 2.75) is 12.8 Å². The van der Waals surface area contributed by atoms with Gasteiger partial charge in [-0.3, -0.25) is 4.79 Å². The third-order valence-electron chi connectivity index (χ3n) is 6.64. The first-order valence-electron chi connectivity index (χ1n) is 10.2. The number of benzene rings is 1. The van der Waals surface area contributed by atoms with Crippen molar-refractivity contribution < 1.29 is 23.9 Å². The molecule has 1 amide bonds. The molecule has 0 spiro atoms. The highest BCUT2D eigenvalue weighted by atomic mass is 16.5. The van der Waals surface area contributed by atoms with E-state index in [0.717, 1.165) is 43.9 Å². The van der Waals surface area contributed by atoms with Gasteiger partial charge in [0.2, 0.25) is 5.75 Å². The maximum absolute atomic E-state index is 13.0. The summed E-state index contributed by atoms with van der Waals surface area (Å²) in [6.07, 6.45) is 7.56. The number of fused-ring (bicyclic) bond motifs is 2. The molecule has 1 heterocycles. The molecule has 152 valence electrons. The molecule has 3 aliphatic rings. The largest absolute Gasteiger partial charge is 0.493 e. The lowest BCUT2D eigenvalue weighted by Gasteiger charge is -2.34. The molecular weight excluding hydrogens is 356 g/mol. The summed E-state index contributed by atoms with van der Waals surface area (Å²) < 4.78 is 16.1. The Morgan fingerprint density at radius 2 is 1.71 bits per heavy atom. The Hall–Kier alpha value is -2.21. The highest BCUT2D eigenvalue weighted by Gasteiger charge is 2.38. The Balaban J connectivity index is 1.38. The minimum Gasteiger partial charge on any atom is -0.493 e. The van der Waals surface area contributed by atoms with Crippen molar-refractivity contribution in [3.05, 3.63) is 29.8 Å². The number of quaternary nitrogens is 1. The van der Waals surface area contributed by atoms with Crippen LogP contribution >= 0.6 is 0 Å². The van der Waals surface area contributed by atoms with E-state index >= 15 is 0 Å². The van der Waals surface area contributed by atoms with Crippen LogP contribution in [0.3, 0.4) is 0 Å². The second-order valence-corrected chi connectivity index (χ2v) is 8.20. The number of carbonyl (C=O) groups is 1. The van der Waals surface area contributed by atoms with E-state index < -0.39 is 0 Å². The fourth-order valence-corrected chi connectivity index (χ4v) is 5.12. The van der Waals surface area contributed by atoms with E-state index in [-0.39, 0.29) is 5.91 Å². The lowest BCUT2D eigenvalue weighted by atomic mass is 9.93. The van der Waals surface area contributed by atoms with E-state index in [1.54, 1.807) is 38.4 Å². The zero-order valence-electron chi connectivity index (χ0n) is 17.1. The summed E-state index contributed by atoms with van der Waals surface area (Å²) in [6, 6.07) is 3.48. The van der Waals surface area contributed by atoms with Crippen molar-refractivity contribution in [3.63, 3.8) is 0 Å². The van der Waals surface area contributed by atoms with Crippen molar-refractivity contribution in [3.8, 4) is 17.2 Å². The summed E-state index contributed by atoms with van der Waals surface area (Å²) >= 11 is 0. The van der Waals surface area contributed by atoms with Crippen LogP contribution in [0.2, 0.25) is 0 Å². The molecule has 3 atom stereocenters. The van der Waals surface area contributed by atoms with E-state index in [4.69, 9.17) is 14.2 Å². The fourth-order valence-electron chi connectivity index (χ4n) is 5.12. The second-order valence-electron chi connectivity index (χ2n) is 8.20. The van der Waals surface area contributed by atoms with Gasteiger partial charge in [0.1, 0.15) is 0 Å². The molecule has 4 rings (SSSR count). The first-order valence-corrected chi connectivity index (χ1v) is 10.2. The Kier molecular flexibility index (Phi) is 5.49. The Morgan fingerprint density at radius 3 is 2.21 bits per heavy atom. The van der Waals surface area contributed by atoms with Crippen LogP contribution in [0.4, 0.5) is 0 Å². The first-order chi connectivity index (χ1) is 13.6. The van der Waals surface area contributed by atoms with Crippen LogP contribution in [-0.2, 0) is 0 Å². The Labute approximate surface area is 167 Å². The van der Waals surface area contributed by atoms with Crippen LogP contribution in [0.15, 0.2) is 24.3 Å².